The number of aromatic nitrogens is 2. The summed E-state index contributed by atoms with van der Waals surface area (Å²) in [4.78, 5) is 13.9. The number of halogens is 2. The molecule has 0 aliphatic carbocycles. The van der Waals surface area contributed by atoms with Crippen molar-refractivity contribution in [3.05, 3.63) is 34.9 Å². The minimum Gasteiger partial charge on any atom is -0.415 e. The molecule has 2 heterocycles. The van der Waals surface area contributed by atoms with Gasteiger partial charge in [0.15, 0.2) is 0 Å². The van der Waals surface area contributed by atoms with Crippen LogP contribution < -0.4 is 0 Å². The van der Waals surface area contributed by atoms with Crippen LogP contribution in [0.5, 0.6) is 0 Å². The maximum Gasteiger partial charge on any atom is 0.277 e. The van der Waals surface area contributed by atoms with Crippen LogP contribution in [0.3, 0.4) is 0 Å². The molecule has 1 aromatic carbocycles. The molecule has 0 radical (unpaired) electrons. The van der Waals surface area contributed by atoms with Crippen molar-refractivity contribution in [2.75, 3.05) is 38.2 Å². The topological polar surface area (TPSA) is 96.6 Å². The SMILES string of the molecule is CSCc1nnc(SCC(=O)N2CCN(S(=O)(=O)c3ccc(F)c(Cl)c3)CC2)o1. The van der Waals surface area contributed by atoms with Crippen LogP contribution in [0.4, 0.5) is 4.39 Å². The molecule has 0 saturated carbocycles. The molecule has 8 nitrogen and oxygen atoms in total. The predicted molar refractivity (Wildman–Crippen MR) is 109 cm³/mol. The summed E-state index contributed by atoms with van der Waals surface area (Å²) >= 11 is 8.41. The zero-order valence-corrected chi connectivity index (χ0v) is 18.6. The Kier molecular flexibility index (Phi) is 7.43. The number of piperazine rings is 1. The Morgan fingerprint density at radius 3 is 2.66 bits per heavy atom. The first kappa shape index (κ1) is 22.3. The van der Waals surface area contributed by atoms with E-state index in [4.69, 9.17) is 16.0 Å². The van der Waals surface area contributed by atoms with Crippen LogP contribution in [0, 0.1) is 5.82 Å². The van der Waals surface area contributed by atoms with E-state index >= 15 is 0 Å². The lowest BCUT2D eigenvalue weighted by Gasteiger charge is -2.34. The summed E-state index contributed by atoms with van der Waals surface area (Å²) in [5.74, 6) is 0.423. The molecule has 0 spiro atoms. The Balaban J connectivity index is 1.53. The molecule has 0 unspecified atom stereocenters. The smallest absolute Gasteiger partial charge is 0.277 e. The summed E-state index contributed by atoms with van der Waals surface area (Å²) in [7, 11) is -3.80. The van der Waals surface area contributed by atoms with Crippen molar-refractivity contribution in [3.8, 4) is 0 Å². The van der Waals surface area contributed by atoms with Crippen molar-refractivity contribution in [3.63, 3.8) is 0 Å². The Bertz CT molecular complexity index is 980. The van der Waals surface area contributed by atoms with Gasteiger partial charge >= 0.3 is 0 Å². The average Bonchev–Trinajstić information content (AvgIpc) is 3.16. The monoisotopic (exact) mass is 480 g/mol. The van der Waals surface area contributed by atoms with E-state index in [0.717, 1.165) is 23.9 Å². The Morgan fingerprint density at radius 2 is 2.00 bits per heavy atom. The fourth-order valence-electron chi connectivity index (χ4n) is 2.66. The highest BCUT2D eigenvalue weighted by Crippen LogP contribution is 2.24. The second kappa shape index (κ2) is 9.65. The van der Waals surface area contributed by atoms with Crippen molar-refractivity contribution in [2.45, 2.75) is 15.9 Å². The zero-order chi connectivity index (χ0) is 21.0. The van der Waals surface area contributed by atoms with E-state index in [1.165, 1.54) is 10.4 Å². The number of hydrogen-bond acceptors (Lipinski definition) is 8. The van der Waals surface area contributed by atoms with E-state index < -0.39 is 15.8 Å². The molecule has 0 bridgehead atoms. The molecule has 1 aliphatic heterocycles. The van der Waals surface area contributed by atoms with Crippen molar-refractivity contribution in [1.82, 2.24) is 19.4 Å². The Hall–Kier alpha value is -1.34. The number of rotatable bonds is 7. The largest absolute Gasteiger partial charge is 0.415 e. The summed E-state index contributed by atoms with van der Waals surface area (Å²) in [6.45, 7) is 0.808. The van der Waals surface area contributed by atoms with Gasteiger partial charge in [-0.15, -0.1) is 10.2 Å². The van der Waals surface area contributed by atoms with E-state index in [0.29, 0.717) is 16.9 Å². The van der Waals surface area contributed by atoms with E-state index in [1.807, 2.05) is 6.26 Å². The van der Waals surface area contributed by atoms with Gasteiger partial charge in [0, 0.05) is 26.2 Å². The van der Waals surface area contributed by atoms with Gasteiger partial charge in [0.2, 0.25) is 21.8 Å². The minimum atomic E-state index is -3.80. The van der Waals surface area contributed by atoms with Gasteiger partial charge < -0.3 is 9.32 Å². The summed E-state index contributed by atoms with van der Waals surface area (Å²) in [5.41, 5.74) is 0. The van der Waals surface area contributed by atoms with Gasteiger partial charge in [-0.05, 0) is 24.5 Å². The molecule has 2 aromatic rings. The van der Waals surface area contributed by atoms with Crippen molar-refractivity contribution in [2.24, 2.45) is 0 Å². The lowest BCUT2D eigenvalue weighted by Crippen LogP contribution is -2.50. The van der Waals surface area contributed by atoms with Crippen LogP contribution in [0.15, 0.2) is 32.7 Å². The van der Waals surface area contributed by atoms with Gasteiger partial charge in [0.05, 0.1) is 21.4 Å². The molecule has 13 heteroatoms. The number of sulfonamides is 1. The fourth-order valence-corrected chi connectivity index (χ4v) is 5.40. The minimum absolute atomic E-state index is 0.0725. The zero-order valence-electron chi connectivity index (χ0n) is 15.4. The van der Waals surface area contributed by atoms with Crippen LogP contribution in [-0.2, 0) is 20.6 Å². The van der Waals surface area contributed by atoms with E-state index in [2.05, 4.69) is 10.2 Å². The normalized spacial score (nSPS) is 15.6. The molecule has 1 fully saturated rings. The highest BCUT2D eigenvalue weighted by molar-refractivity contribution is 7.99. The highest BCUT2D eigenvalue weighted by atomic mass is 35.5. The third-order valence-electron chi connectivity index (χ3n) is 4.16. The molecule has 1 saturated heterocycles. The summed E-state index contributed by atoms with van der Waals surface area (Å²) in [5, 5.41) is 7.84. The highest BCUT2D eigenvalue weighted by Gasteiger charge is 2.30. The standard InChI is InChI=1S/C16H18ClFN4O4S3/c1-27-9-14-19-20-16(26-14)28-10-15(23)21-4-6-22(7-5-21)29(24,25)11-2-3-13(18)12(17)8-11/h2-3,8H,4-7,9-10H2,1H3. The van der Waals surface area contributed by atoms with Gasteiger partial charge in [0.1, 0.15) is 5.82 Å². The summed E-state index contributed by atoms with van der Waals surface area (Å²) < 4.78 is 45.4. The first-order chi connectivity index (χ1) is 13.8. The van der Waals surface area contributed by atoms with Crippen molar-refractivity contribution in [1.29, 1.82) is 0 Å². The third-order valence-corrected chi connectivity index (χ3v) is 7.68. The quantitative estimate of drug-likeness (QED) is 0.557. The number of carbonyl (C=O) groups is 1. The number of benzene rings is 1. The first-order valence-electron chi connectivity index (χ1n) is 8.48. The van der Waals surface area contributed by atoms with Gasteiger partial charge in [0.25, 0.3) is 5.22 Å². The fraction of sp³-hybridized carbons (Fsp3) is 0.438. The van der Waals surface area contributed by atoms with Crippen LogP contribution in [0.1, 0.15) is 5.89 Å². The molecule has 0 atom stereocenters. The number of nitrogens with zero attached hydrogens (tertiary/aromatic N) is 4. The lowest BCUT2D eigenvalue weighted by atomic mass is 10.3. The van der Waals surface area contributed by atoms with Crippen molar-refractivity contribution < 1.29 is 22.0 Å². The van der Waals surface area contributed by atoms with E-state index in [1.54, 1.807) is 16.7 Å². The number of thioether (sulfide) groups is 2. The van der Waals surface area contributed by atoms with Gasteiger partial charge in [-0.2, -0.15) is 16.1 Å². The van der Waals surface area contributed by atoms with Crippen molar-refractivity contribution >= 4 is 51.1 Å². The molecule has 158 valence electrons. The van der Waals surface area contributed by atoms with E-state index in [9.17, 15) is 17.6 Å². The molecule has 0 N–H and O–H groups in total. The maximum absolute atomic E-state index is 13.3. The van der Waals surface area contributed by atoms with Crippen LogP contribution in [0.2, 0.25) is 5.02 Å². The lowest BCUT2D eigenvalue weighted by molar-refractivity contribution is -0.129. The molecule has 1 aromatic heterocycles. The second-order valence-electron chi connectivity index (χ2n) is 6.04. The van der Waals surface area contributed by atoms with Gasteiger partial charge in [-0.1, -0.05) is 23.4 Å². The Morgan fingerprint density at radius 1 is 1.28 bits per heavy atom. The molecular weight excluding hydrogens is 463 g/mol. The van der Waals surface area contributed by atoms with E-state index in [-0.39, 0.29) is 47.8 Å². The molecule has 1 amide bonds. The predicted octanol–water partition coefficient (Wildman–Crippen LogP) is 2.35. The van der Waals surface area contributed by atoms with Crippen LogP contribution in [-0.4, -0.2) is 71.9 Å². The second-order valence-corrected chi connectivity index (χ2v) is 10.2. The molecule has 1 aliphatic rings. The summed E-state index contributed by atoms with van der Waals surface area (Å²) in [6, 6.07) is 3.30. The van der Waals surface area contributed by atoms with Gasteiger partial charge in [-0.25, -0.2) is 12.8 Å². The summed E-state index contributed by atoms with van der Waals surface area (Å²) in [6.07, 6.45) is 1.92. The van der Waals surface area contributed by atoms with Gasteiger partial charge in [-0.3, -0.25) is 4.79 Å². The molecule has 3 rings (SSSR count). The Labute approximate surface area is 181 Å². The third kappa shape index (κ3) is 5.43. The van der Waals surface area contributed by atoms with Crippen LogP contribution >= 0.6 is 35.1 Å². The van der Waals surface area contributed by atoms with Crippen LogP contribution in [0.25, 0.3) is 0 Å². The molecular formula is C16H18ClFN4O4S3. The molecule has 29 heavy (non-hydrogen) atoms. The average molecular weight is 481 g/mol. The number of carbonyl (C=O) groups excluding carboxylic acids is 1. The number of amides is 1. The number of hydrogen-bond donors (Lipinski definition) is 0. The maximum atomic E-state index is 13.3. The first-order valence-corrected chi connectivity index (χ1v) is 12.7.